The van der Waals surface area contributed by atoms with Crippen LogP contribution < -0.4 is 0 Å². The van der Waals surface area contributed by atoms with Crippen molar-refractivity contribution in [3.63, 3.8) is 0 Å². The molecule has 0 aliphatic carbocycles. The van der Waals surface area contributed by atoms with Gasteiger partial charge in [0.25, 0.3) is 0 Å². The van der Waals surface area contributed by atoms with Gasteiger partial charge in [-0.1, -0.05) is 0 Å². The van der Waals surface area contributed by atoms with Crippen molar-refractivity contribution in [3.05, 3.63) is 0 Å². The molecule has 0 aliphatic rings. The molecule has 0 spiro atoms. The van der Waals surface area contributed by atoms with Crippen LogP contribution in [0.5, 0.6) is 0 Å². The lowest BCUT2D eigenvalue weighted by molar-refractivity contribution is -0.136. The number of hydrogen-bond donors (Lipinski definition) is 3. The van der Waals surface area contributed by atoms with Crippen LogP contribution in [-0.2, 0) is 4.79 Å². The molecular weight excluding hydrogens is 140 g/mol. The van der Waals surface area contributed by atoms with Crippen molar-refractivity contribution in [3.8, 4) is 0 Å². The van der Waals surface area contributed by atoms with Crippen molar-refractivity contribution in [2.24, 2.45) is 0 Å². The topological polar surface area (TPSA) is 57.5 Å². The van der Waals surface area contributed by atoms with Crippen molar-refractivity contribution >= 4 is 18.6 Å². The average molecular weight is 152 g/mol. The number of thiol groups is 1. The van der Waals surface area contributed by atoms with Gasteiger partial charge in [0.05, 0.1) is 5.25 Å². The van der Waals surface area contributed by atoms with Crippen LogP contribution in [0, 0.1) is 0 Å². The first-order chi connectivity index (χ1) is 4.06. The molecule has 0 saturated heterocycles. The summed E-state index contributed by atoms with van der Waals surface area (Å²) >= 11 is 3.59. The first kappa shape index (κ1) is 11.6. The first-order valence-corrected chi connectivity index (χ1v) is 3.09. The number of carboxylic acids is 1. The lowest BCUT2D eigenvalue weighted by Crippen LogP contribution is -2.06. The molecule has 0 amide bonds. The zero-order chi connectivity index (χ0) is 7.86. The minimum atomic E-state index is -0.877. The highest BCUT2D eigenvalue weighted by atomic mass is 32.1. The Bertz CT molecular complexity index is 72.6. The van der Waals surface area contributed by atoms with E-state index in [1.54, 1.807) is 6.92 Å². The second kappa shape index (κ2) is 7.78. The Kier molecular flexibility index (Phi) is 9.99. The van der Waals surface area contributed by atoms with E-state index in [1.165, 1.54) is 6.92 Å². The highest BCUT2D eigenvalue weighted by molar-refractivity contribution is 7.81. The first-order valence-electron chi connectivity index (χ1n) is 2.58. The summed E-state index contributed by atoms with van der Waals surface area (Å²) in [7, 11) is 0. The lowest BCUT2D eigenvalue weighted by atomic mass is 10.5. The second-order valence-corrected chi connectivity index (χ2v) is 2.11. The Balaban J connectivity index is 0. The summed E-state index contributed by atoms with van der Waals surface area (Å²) in [6, 6.07) is 0. The lowest BCUT2D eigenvalue weighted by Gasteiger charge is -1.88. The molecule has 0 radical (unpaired) electrons. The summed E-state index contributed by atoms with van der Waals surface area (Å²) in [4.78, 5) is 9.62. The zero-order valence-electron chi connectivity index (χ0n) is 5.53. The van der Waals surface area contributed by atoms with E-state index in [2.05, 4.69) is 12.6 Å². The highest BCUT2D eigenvalue weighted by Gasteiger charge is 2.00. The predicted octanol–water partition coefficient (Wildman–Crippen LogP) is 0.388. The Morgan fingerprint density at radius 2 is 1.89 bits per heavy atom. The molecule has 4 heteroatoms. The number of hydrogen-bond acceptors (Lipinski definition) is 3. The van der Waals surface area contributed by atoms with Crippen molar-refractivity contribution < 1.29 is 15.0 Å². The van der Waals surface area contributed by atoms with Gasteiger partial charge in [0.2, 0.25) is 0 Å². The van der Waals surface area contributed by atoms with Gasteiger partial charge in [-0.15, -0.1) is 0 Å². The summed E-state index contributed by atoms with van der Waals surface area (Å²) in [6.45, 7) is 3.44. The van der Waals surface area contributed by atoms with Gasteiger partial charge in [-0.2, -0.15) is 12.6 Å². The third-order valence-electron chi connectivity index (χ3n) is 0.357. The van der Waals surface area contributed by atoms with Crippen molar-refractivity contribution in [2.75, 3.05) is 6.61 Å². The molecule has 1 atom stereocenters. The van der Waals surface area contributed by atoms with E-state index >= 15 is 0 Å². The fraction of sp³-hybridized carbons (Fsp3) is 0.800. The van der Waals surface area contributed by atoms with E-state index in [-0.39, 0.29) is 6.61 Å². The van der Waals surface area contributed by atoms with E-state index in [1.807, 2.05) is 0 Å². The molecule has 2 N–H and O–H groups in total. The van der Waals surface area contributed by atoms with Gasteiger partial charge in [-0.05, 0) is 13.8 Å². The van der Waals surface area contributed by atoms with Crippen LogP contribution in [0.1, 0.15) is 13.8 Å². The van der Waals surface area contributed by atoms with Gasteiger partial charge < -0.3 is 10.2 Å². The maximum Gasteiger partial charge on any atom is 0.316 e. The summed E-state index contributed by atoms with van der Waals surface area (Å²) in [5, 5.41) is 14.9. The molecule has 56 valence electrons. The fourth-order valence-corrected chi connectivity index (χ4v) is 0. The average Bonchev–Trinajstić information content (AvgIpc) is 1.68. The highest BCUT2D eigenvalue weighted by Crippen LogP contribution is 1.88. The molecule has 0 aromatic carbocycles. The monoisotopic (exact) mass is 152 g/mol. The van der Waals surface area contributed by atoms with Crippen LogP contribution in [0.2, 0.25) is 0 Å². The Morgan fingerprint density at radius 3 is 1.89 bits per heavy atom. The smallest absolute Gasteiger partial charge is 0.316 e. The molecule has 0 aliphatic heterocycles. The van der Waals surface area contributed by atoms with Gasteiger partial charge in [-0.3, -0.25) is 4.79 Å². The Hall–Kier alpha value is -0.220. The minimum absolute atomic E-state index is 0.250. The molecule has 0 fully saturated rings. The van der Waals surface area contributed by atoms with E-state index < -0.39 is 11.2 Å². The van der Waals surface area contributed by atoms with Crippen LogP contribution in [0.25, 0.3) is 0 Å². The molecule has 0 rings (SSSR count). The normalized spacial score (nSPS) is 11.1. The largest absolute Gasteiger partial charge is 0.480 e. The maximum atomic E-state index is 9.62. The van der Waals surface area contributed by atoms with E-state index in [0.717, 1.165) is 0 Å². The van der Waals surface area contributed by atoms with E-state index in [0.29, 0.717) is 0 Å². The standard InChI is InChI=1S/C3H6O2S.C2H6O/c1-2(6)3(4)5;1-2-3/h2,6H,1H3,(H,4,5);3H,2H2,1H3. The molecule has 0 bridgehead atoms. The van der Waals surface area contributed by atoms with Gasteiger partial charge >= 0.3 is 5.97 Å². The van der Waals surface area contributed by atoms with Crippen LogP contribution >= 0.6 is 12.6 Å². The Labute approximate surface area is 60.1 Å². The fourth-order valence-electron chi connectivity index (χ4n) is 0. The third kappa shape index (κ3) is 18.2. The summed E-state index contributed by atoms with van der Waals surface area (Å²) < 4.78 is 0. The van der Waals surface area contributed by atoms with Crippen molar-refractivity contribution in [2.45, 2.75) is 19.1 Å². The van der Waals surface area contributed by atoms with Gasteiger partial charge in [0.1, 0.15) is 0 Å². The molecule has 0 aromatic heterocycles. The molecular formula is C5H12O3S. The van der Waals surface area contributed by atoms with Crippen LogP contribution in [-0.4, -0.2) is 28.0 Å². The van der Waals surface area contributed by atoms with Gasteiger partial charge in [0.15, 0.2) is 0 Å². The molecule has 0 heterocycles. The molecule has 0 saturated carbocycles. The van der Waals surface area contributed by atoms with Crippen molar-refractivity contribution in [1.29, 1.82) is 0 Å². The number of aliphatic hydroxyl groups excluding tert-OH is 1. The molecule has 0 aromatic rings. The van der Waals surface area contributed by atoms with E-state index in [9.17, 15) is 4.79 Å². The maximum absolute atomic E-state index is 9.62. The summed E-state index contributed by atoms with van der Waals surface area (Å²) in [5.74, 6) is -0.877. The second-order valence-electron chi connectivity index (χ2n) is 1.33. The summed E-state index contributed by atoms with van der Waals surface area (Å²) in [6.07, 6.45) is 0. The van der Waals surface area contributed by atoms with Crippen LogP contribution in [0.15, 0.2) is 0 Å². The number of rotatable bonds is 1. The number of carbonyl (C=O) groups is 1. The summed E-state index contributed by atoms with van der Waals surface area (Å²) in [5.41, 5.74) is 0. The zero-order valence-corrected chi connectivity index (χ0v) is 6.43. The number of aliphatic carboxylic acids is 1. The predicted molar refractivity (Wildman–Crippen MR) is 38.8 cm³/mol. The van der Waals surface area contributed by atoms with Crippen molar-refractivity contribution in [1.82, 2.24) is 0 Å². The Morgan fingerprint density at radius 1 is 1.78 bits per heavy atom. The third-order valence-corrected chi connectivity index (χ3v) is 0.578. The SMILES string of the molecule is CC(S)C(=O)O.CCO. The van der Waals surface area contributed by atoms with E-state index in [4.69, 9.17) is 10.2 Å². The van der Waals surface area contributed by atoms with Crippen LogP contribution in [0.3, 0.4) is 0 Å². The number of aliphatic hydroxyl groups is 1. The number of carboxylic acid groups (broad SMARTS) is 1. The minimum Gasteiger partial charge on any atom is -0.480 e. The quantitative estimate of drug-likeness (QED) is 0.476. The van der Waals surface area contributed by atoms with Crippen LogP contribution in [0.4, 0.5) is 0 Å². The van der Waals surface area contributed by atoms with Gasteiger partial charge in [-0.25, -0.2) is 0 Å². The molecule has 3 nitrogen and oxygen atoms in total. The molecule has 9 heavy (non-hydrogen) atoms. The molecule has 1 unspecified atom stereocenters. The van der Waals surface area contributed by atoms with Gasteiger partial charge in [0, 0.05) is 6.61 Å².